The minimum atomic E-state index is -3.59. The second-order valence-electron chi connectivity index (χ2n) is 4.17. The van der Waals surface area contributed by atoms with Gasteiger partial charge in [0.2, 0.25) is 10.0 Å². The Morgan fingerprint density at radius 3 is 2.48 bits per heavy atom. The highest BCUT2D eigenvalue weighted by Gasteiger charge is 2.15. The van der Waals surface area contributed by atoms with Crippen LogP contribution in [-0.4, -0.2) is 41.5 Å². The third-order valence-electron chi connectivity index (χ3n) is 2.69. The van der Waals surface area contributed by atoms with E-state index in [1.54, 1.807) is 12.1 Å². The number of hydrogen-bond acceptors (Lipinski definition) is 6. The third-order valence-corrected chi connectivity index (χ3v) is 4.05. The molecule has 1 N–H and O–H groups in total. The first kappa shape index (κ1) is 17.1. The Kier molecular flexibility index (Phi) is 6.29. The Hall–Kier alpha value is -1.96. The maximum Gasteiger partial charge on any atom is 0.305 e. The van der Waals surface area contributed by atoms with Crippen LogP contribution in [-0.2, 0) is 19.6 Å². The van der Waals surface area contributed by atoms with Gasteiger partial charge in [0.25, 0.3) is 0 Å². The summed E-state index contributed by atoms with van der Waals surface area (Å²) in [4.78, 5) is 11.0. The Morgan fingerprint density at radius 1 is 1.19 bits per heavy atom. The minimum Gasteiger partial charge on any atom is -0.497 e. The molecule has 0 amide bonds. The van der Waals surface area contributed by atoms with E-state index in [0.717, 1.165) is 0 Å². The number of sulfonamides is 1. The zero-order valence-electron chi connectivity index (χ0n) is 12.2. The Labute approximate surface area is 124 Å². The smallest absolute Gasteiger partial charge is 0.305 e. The number of carbonyl (C=O) groups is 1. The number of carbonyl (C=O) groups excluding carboxylic acids is 1. The first-order chi connectivity index (χ1) is 9.91. The topological polar surface area (TPSA) is 90.9 Å². The zero-order valence-corrected chi connectivity index (χ0v) is 13.0. The lowest BCUT2D eigenvalue weighted by atomic mass is 10.3. The van der Waals surface area contributed by atoms with Crippen molar-refractivity contribution in [3.63, 3.8) is 0 Å². The van der Waals surface area contributed by atoms with Gasteiger partial charge in [0.15, 0.2) is 0 Å². The monoisotopic (exact) mass is 317 g/mol. The summed E-state index contributed by atoms with van der Waals surface area (Å²) in [7, 11) is 0.595. The van der Waals surface area contributed by atoms with Gasteiger partial charge in [0, 0.05) is 12.5 Å². The number of rotatable bonds is 8. The van der Waals surface area contributed by atoms with Crippen molar-refractivity contribution in [3.05, 3.63) is 18.2 Å². The SMILES string of the molecule is COC(=O)CCCS(=O)(=O)Nc1cc(OC)ccc1OC. The predicted octanol–water partition coefficient (Wildman–Crippen LogP) is 1.40. The third kappa shape index (κ3) is 5.50. The number of nitrogens with one attached hydrogen (secondary N) is 1. The van der Waals surface area contributed by atoms with Crippen molar-refractivity contribution in [3.8, 4) is 11.5 Å². The lowest BCUT2D eigenvalue weighted by Gasteiger charge is -2.13. The van der Waals surface area contributed by atoms with Gasteiger partial charge in [-0.15, -0.1) is 0 Å². The van der Waals surface area contributed by atoms with Crippen LogP contribution in [0.2, 0.25) is 0 Å². The van der Waals surface area contributed by atoms with Gasteiger partial charge < -0.3 is 14.2 Å². The number of esters is 1. The first-order valence-corrected chi connectivity index (χ1v) is 7.86. The van der Waals surface area contributed by atoms with E-state index in [9.17, 15) is 13.2 Å². The van der Waals surface area contributed by atoms with E-state index in [4.69, 9.17) is 9.47 Å². The van der Waals surface area contributed by atoms with Crippen molar-refractivity contribution < 1.29 is 27.4 Å². The standard InChI is InChI=1S/C13H19NO6S/c1-18-10-6-7-12(19-2)11(9-10)14-21(16,17)8-4-5-13(15)20-3/h6-7,9,14H,4-5,8H2,1-3H3. The van der Waals surface area contributed by atoms with Gasteiger partial charge in [-0.3, -0.25) is 9.52 Å². The molecule has 0 saturated carbocycles. The molecule has 0 unspecified atom stereocenters. The molecule has 21 heavy (non-hydrogen) atoms. The fourth-order valence-electron chi connectivity index (χ4n) is 1.62. The summed E-state index contributed by atoms with van der Waals surface area (Å²) in [5, 5.41) is 0. The lowest BCUT2D eigenvalue weighted by Crippen LogP contribution is -2.18. The molecule has 0 radical (unpaired) electrons. The van der Waals surface area contributed by atoms with E-state index in [1.165, 1.54) is 27.4 Å². The predicted molar refractivity (Wildman–Crippen MR) is 78.2 cm³/mol. The van der Waals surface area contributed by atoms with Gasteiger partial charge in [-0.05, 0) is 18.6 Å². The van der Waals surface area contributed by atoms with Crippen LogP contribution in [0.25, 0.3) is 0 Å². The van der Waals surface area contributed by atoms with E-state index in [2.05, 4.69) is 9.46 Å². The van der Waals surface area contributed by atoms with Crippen LogP contribution in [0.5, 0.6) is 11.5 Å². The second-order valence-corrected chi connectivity index (χ2v) is 6.01. The van der Waals surface area contributed by atoms with Crippen molar-refractivity contribution in [2.24, 2.45) is 0 Å². The Bertz CT molecular complexity index is 584. The summed E-state index contributed by atoms with van der Waals surface area (Å²) in [6, 6.07) is 4.79. The molecule has 7 nitrogen and oxygen atoms in total. The highest BCUT2D eigenvalue weighted by Crippen LogP contribution is 2.29. The highest BCUT2D eigenvalue weighted by molar-refractivity contribution is 7.92. The number of benzene rings is 1. The molecule has 0 aromatic heterocycles. The molecular formula is C13H19NO6S. The minimum absolute atomic E-state index is 0.0483. The number of ether oxygens (including phenoxy) is 3. The van der Waals surface area contributed by atoms with Crippen LogP contribution in [0.1, 0.15) is 12.8 Å². The quantitative estimate of drug-likeness (QED) is 0.729. The van der Waals surface area contributed by atoms with Gasteiger partial charge in [0.05, 0.1) is 32.8 Å². The van der Waals surface area contributed by atoms with Gasteiger partial charge in [-0.2, -0.15) is 0 Å². The highest BCUT2D eigenvalue weighted by atomic mass is 32.2. The molecule has 0 heterocycles. The van der Waals surface area contributed by atoms with Crippen molar-refractivity contribution in [1.82, 2.24) is 0 Å². The van der Waals surface area contributed by atoms with Crippen molar-refractivity contribution in [2.75, 3.05) is 31.8 Å². The van der Waals surface area contributed by atoms with E-state index < -0.39 is 16.0 Å². The molecule has 0 aliphatic heterocycles. The first-order valence-electron chi connectivity index (χ1n) is 6.21. The summed E-state index contributed by atoms with van der Waals surface area (Å²) < 4.78 is 41.0. The van der Waals surface area contributed by atoms with Crippen molar-refractivity contribution in [2.45, 2.75) is 12.8 Å². The van der Waals surface area contributed by atoms with Crippen LogP contribution >= 0.6 is 0 Å². The van der Waals surface area contributed by atoms with Crippen molar-refractivity contribution >= 4 is 21.7 Å². The molecule has 0 saturated heterocycles. The van der Waals surface area contributed by atoms with Crippen LogP contribution < -0.4 is 14.2 Å². The normalized spacial score (nSPS) is 10.8. The zero-order chi connectivity index (χ0) is 15.9. The Morgan fingerprint density at radius 2 is 1.90 bits per heavy atom. The van der Waals surface area contributed by atoms with E-state index >= 15 is 0 Å². The largest absolute Gasteiger partial charge is 0.497 e. The molecule has 0 bridgehead atoms. The molecule has 8 heteroatoms. The summed E-state index contributed by atoms with van der Waals surface area (Å²) in [6.45, 7) is 0. The average molecular weight is 317 g/mol. The molecule has 0 fully saturated rings. The summed E-state index contributed by atoms with van der Waals surface area (Å²) in [6.07, 6.45) is 0.223. The fourth-order valence-corrected chi connectivity index (χ4v) is 2.74. The molecule has 118 valence electrons. The Balaban J connectivity index is 2.76. The van der Waals surface area contributed by atoms with Crippen LogP contribution in [0, 0.1) is 0 Å². The molecule has 0 spiro atoms. The molecule has 1 rings (SSSR count). The van der Waals surface area contributed by atoms with Gasteiger partial charge in [-0.25, -0.2) is 8.42 Å². The maximum absolute atomic E-state index is 12.0. The molecule has 0 aliphatic carbocycles. The molecule has 1 aromatic rings. The second kappa shape index (κ2) is 7.72. The van der Waals surface area contributed by atoms with Gasteiger partial charge in [0.1, 0.15) is 11.5 Å². The summed E-state index contributed by atoms with van der Waals surface area (Å²) in [5.41, 5.74) is 0.287. The van der Waals surface area contributed by atoms with Gasteiger partial charge in [-0.1, -0.05) is 0 Å². The fraction of sp³-hybridized carbons (Fsp3) is 0.462. The van der Waals surface area contributed by atoms with E-state index in [0.29, 0.717) is 11.5 Å². The molecule has 0 atom stereocenters. The maximum atomic E-state index is 12.0. The van der Waals surface area contributed by atoms with E-state index in [1.807, 2.05) is 0 Å². The number of anilines is 1. The molecule has 0 aliphatic rings. The van der Waals surface area contributed by atoms with Crippen molar-refractivity contribution in [1.29, 1.82) is 0 Å². The summed E-state index contributed by atoms with van der Waals surface area (Å²) in [5.74, 6) is 0.252. The number of methoxy groups -OCH3 is 3. The molecular weight excluding hydrogens is 298 g/mol. The summed E-state index contributed by atoms with van der Waals surface area (Å²) >= 11 is 0. The van der Waals surface area contributed by atoms with Crippen LogP contribution in [0.15, 0.2) is 18.2 Å². The van der Waals surface area contributed by atoms with Gasteiger partial charge >= 0.3 is 5.97 Å². The lowest BCUT2D eigenvalue weighted by molar-refractivity contribution is -0.140. The number of hydrogen-bond donors (Lipinski definition) is 1. The van der Waals surface area contributed by atoms with Crippen LogP contribution in [0.3, 0.4) is 0 Å². The average Bonchev–Trinajstić information content (AvgIpc) is 2.46. The van der Waals surface area contributed by atoms with Crippen LogP contribution in [0.4, 0.5) is 5.69 Å². The van der Waals surface area contributed by atoms with E-state index in [-0.39, 0.29) is 24.3 Å². The molecule has 1 aromatic carbocycles.